The van der Waals surface area contributed by atoms with Gasteiger partial charge in [-0.05, 0) is 24.3 Å². The van der Waals surface area contributed by atoms with Crippen molar-refractivity contribution in [1.82, 2.24) is 19.9 Å². The first-order valence-corrected chi connectivity index (χ1v) is 9.48. The minimum Gasteiger partial charge on any atom is -0.339 e. The van der Waals surface area contributed by atoms with E-state index in [2.05, 4.69) is 32.1 Å². The molecule has 4 heterocycles. The van der Waals surface area contributed by atoms with Gasteiger partial charge in [-0.15, -0.1) is 0 Å². The van der Waals surface area contributed by atoms with Crippen LogP contribution in [-0.2, 0) is 0 Å². The van der Waals surface area contributed by atoms with Crippen molar-refractivity contribution in [3.63, 3.8) is 0 Å². The van der Waals surface area contributed by atoms with Crippen molar-refractivity contribution < 1.29 is 0 Å². The molecule has 0 fully saturated rings. The molecule has 0 radical (unpaired) electrons. The number of aromatic nitrogens is 4. The summed E-state index contributed by atoms with van der Waals surface area (Å²) in [4.78, 5) is 14.9. The average Bonchev–Trinajstić information content (AvgIpc) is 3.26. The Morgan fingerprint density at radius 3 is 1.46 bits per heavy atom. The number of benzene rings is 2. The summed E-state index contributed by atoms with van der Waals surface area (Å²) in [6.45, 7) is 0. The van der Waals surface area contributed by atoms with E-state index in [4.69, 9.17) is 23.2 Å². The van der Waals surface area contributed by atoms with Crippen LogP contribution in [-0.4, -0.2) is 19.9 Å². The van der Waals surface area contributed by atoms with Crippen LogP contribution in [0, 0.1) is 0 Å². The number of para-hydroxylation sites is 2. The van der Waals surface area contributed by atoms with Gasteiger partial charge in [-0.2, -0.15) is 0 Å². The van der Waals surface area contributed by atoms with Crippen LogP contribution in [0.2, 0.25) is 10.0 Å². The molecule has 6 heteroatoms. The fourth-order valence-corrected chi connectivity index (χ4v) is 3.71. The van der Waals surface area contributed by atoms with Crippen LogP contribution in [0.1, 0.15) is 0 Å². The van der Waals surface area contributed by atoms with Gasteiger partial charge in [0.1, 0.15) is 11.3 Å². The molecule has 6 rings (SSSR count). The summed E-state index contributed by atoms with van der Waals surface area (Å²) in [5.74, 6) is 0. The molecule has 2 N–H and O–H groups in total. The molecule has 2 aromatic carbocycles. The summed E-state index contributed by atoms with van der Waals surface area (Å²) in [5.41, 5.74) is 3.96. The molecule has 0 amide bonds. The number of hydrogen-bond donors (Lipinski definition) is 2. The second kappa shape index (κ2) is 6.82. The Kier molecular flexibility index (Phi) is 4.15. The van der Waals surface area contributed by atoms with Gasteiger partial charge in [0.2, 0.25) is 0 Å². The number of hydrogen-bond acceptors (Lipinski definition) is 2. The molecule has 136 valence electrons. The molecule has 0 aliphatic rings. The van der Waals surface area contributed by atoms with Gasteiger partial charge in [-0.3, -0.25) is 0 Å². The second-order valence-electron chi connectivity index (χ2n) is 6.44. The summed E-state index contributed by atoms with van der Waals surface area (Å²) >= 11 is 11.8. The van der Waals surface area contributed by atoms with Crippen LogP contribution >= 0.6 is 23.2 Å². The van der Waals surface area contributed by atoms with Crippen molar-refractivity contribution in [1.29, 1.82) is 0 Å². The van der Waals surface area contributed by atoms with E-state index < -0.39 is 0 Å². The van der Waals surface area contributed by atoms with E-state index in [0.717, 1.165) is 43.9 Å². The molecular weight excluding hydrogens is 391 g/mol. The number of rotatable bonds is 0. The third kappa shape index (κ3) is 2.97. The number of pyridine rings is 2. The molecule has 0 spiro atoms. The van der Waals surface area contributed by atoms with E-state index in [0.29, 0.717) is 10.0 Å². The molecule has 28 heavy (non-hydrogen) atoms. The minimum absolute atomic E-state index is 0.669. The summed E-state index contributed by atoms with van der Waals surface area (Å²) in [6.07, 6.45) is 3.30. The highest BCUT2D eigenvalue weighted by Gasteiger charge is 2.05. The van der Waals surface area contributed by atoms with Crippen molar-refractivity contribution >= 4 is 67.1 Å². The van der Waals surface area contributed by atoms with Crippen molar-refractivity contribution in [3.8, 4) is 0 Å². The first-order chi connectivity index (χ1) is 13.7. The first-order valence-electron chi connectivity index (χ1n) is 8.73. The third-order valence-corrected chi connectivity index (χ3v) is 5.06. The third-order valence-electron chi connectivity index (χ3n) is 4.65. The Hall–Kier alpha value is -3.08. The predicted molar refractivity (Wildman–Crippen MR) is 117 cm³/mol. The van der Waals surface area contributed by atoms with Crippen molar-refractivity contribution in [2.45, 2.75) is 0 Å². The topological polar surface area (TPSA) is 57.4 Å². The first kappa shape index (κ1) is 17.0. The molecule has 0 saturated heterocycles. The van der Waals surface area contributed by atoms with Crippen LogP contribution in [0.5, 0.6) is 0 Å². The lowest BCUT2D eigenvalue weighted by atomic mass is 10.2. The van der Waals surface area contributed by atoms with Crippen LogP contribution in [0.25, 0.3) is 43.9 Å². The molecule has 0 aliphatic carbocycles. The quantitative estimate of drug-likeness (QED) is 0.294. The maximum atomic E-state index is 5.90. The maximum Gasteiger partial charge on any atom is 0.138 e. The standard InChI is InChI=1S/2C11H7ClN2/c2*12-7-5-9-8-3-1-2-4-10(8)14-11(9)13-6-7/h2*1-6H,(H,13,14). The van der Waals surface area contributed by atoms with Gasteiger partial charge in [-0.25, -0.2) is 9.97 Å². The number of aromatic amines is 2. The zero-order valence-corrected chi connectivity index (χ0v) is 16.1. The number of nitrogens with one attached hydrogen (secondary N) is 2. The van der Waals surface area contributed by atoms with Gasteiger partial charge in [-0.1, -0.05) is 59.6 Å². The van der Waals surface area contributed by atoms with Gasteiger partial charge in [0, 0.05) is 45.0 Å². The van der Waals surface area contributed by atoms with E-state index in [-0.39, 0.29) is 0 Å². The second-order valence-corrected chi connectivity index (χ2v) is 7.31. The Morgan fingerprint density at radius 1 is 0.571 bits per heavy atom. The molecular formula is C22H14Cl2N4. The van der Waals surface area contributed by atoms with Gasteiger partial charge in [0.05, 0.1) is 10.0 Å². The number of nitrogens with zero attached hydrogens (tertiary/aromatic N) is 2. The van der Waals surface area contributed by atoms with Crippen LogP contribution in [0.4, 0.5) is 0 Å². The molecule has 4 nitrogen and oxygen atoms in total. The maximum absolute atomic E-state index is 5.90. The van der Waals surface area contributed by atoms with Crippen molar-refractivity contribution in [3.05, 3.63) is 83.1 Å². The van der Waals surface area contributed by atoms with Gasteiger partial charge in [0.15, 0.2) is 0 Å². The lowest BCUT2D eigenvalue weighted by Crippen LogP contribution is -1.73. The van der Waals surface area contributed by atoms with Crippen LogP contribution < -0.4 is 0 Å². The highest BCUT2D eigenvalue weighted by Crippen LogP contribution is 2.26. The average molecular weight is 405 g/mol. The zero-order valence-electron chi connectivity index (χ0n) is 14.6. The van der Waals surface area contributed by atoms with Crippen molar-refractivity contribution in [2.75, 3.05) is 0 Å². The Morgan fingerprint density at radius 2 is 1.00 bits per heavy atom. The molecule has 4 aromatic heterocycles. The Balaban J connectivity index is 0.000000122. The Labute approximate surface area is 170 Å². The number of halogens is 2. The number of H-pyrrole nitrogens is 2. The van der Waals surface area contributed by atoms with Crippen molar-refractivity contribution in [2.24, 2.45) is 0 Å². The normalized spacial score (nSPS) is 11.2. The molecule has 0 saturated carbocycles. The van der Waals surface area contributed by atoms with Gasteiger partial charge in [0.25, 0.3) is 0 Å². The van der Waals surface area contributed by atoms with Gasteiger partial charge >= 0.3 is 0 Å². The van der Waals surface area contributed by atoms with E-state index >= 15 is 0 Å². The fourth-order valence-electron chi connectivity index (χ4n) is 3.40. The predicted octanol–water partition coefficient (Wildman–Crippen LogP) is 6.74. The van der Waals surface area contributed by atoms with Gasteiger partial charge < -0.3 is 9.97 Å². The lowest BCUT2D eigenvalue weighted by Gasteiger charge is -1.90. The van der Waals surface area contributed by atoms with E-state index in [1.807, 2.05) is 48.5 Å². The van der Waals surface area contributed by atoms with Crippen LogP contribution in [0.3, 0.4) is 0 Å². The molecule has 0 unspecified atom stereocenters. The smallest absolute Gasteiger partial charge is 0.138 e. The highest BCUT2D eigenvalue weighted by atomic mass is 35.5. The fraction of sp³-hybridized carbons (Fsp3) is 0. The highest BCUT2D eigenvalue weighted by molar-refractivity contribution is 6.32. The zero-order chi connectivity index (χ0) is 19.1. The lowest BCUT2D eigenvalue weighted by molar-refractivity contribution is 1.35. The number of fused-ring (bicyclic) bond motifs is 6. The summed E-state index contributed by atoms with van der Waals surface area (Å²) in [7, 11) is 0. The minimum atomic E-state index is 0.669. The SMILES string of the molecule is Clc1cnc2[nH]c3ccccc3c2c1.Clc1cnc2[nH]c3ccccc3c2c1. The molecule has 0 aliphatic heterocycles. The molecule has 6 aromatic rings. The Bertz CT molecular complexity index is 1340. The largest absolute Gasteiger partial charge is 0.339 e. The summed E-state index contributed by atoms with van der Waals surface area (Å²) < 4.78 is 0. The molecule has 0 atom stereocenters. The summed E-state index contributed by atoms with van der Waals surface area (Å²) in [6, 6.07) is 20.1. The summed E-state index contributed by atoms with van der Waals surface area (Å²) in [5, 5.41) is 5.82. The van der Waals surface area contributed by atoms with E-state index in [9.17, 15) is 0 Å². The molecule has 0 bridgehead atoms. The monoisotopic (exact) mass is 404 g/mol. The van der Waals surface area contributed by atoms with E-state index in [1.165, 1.54) is 0 Å². The van der Waals surface area contributed by atoms with Crippen LogP contribution in [0.15, 0.2) is 73.1 Å². The van der Waals surface area contributed by atoms with E-state index in [1.54, 1.807) is 12.4 Å².